The highest BCUT2D eigenvalue weighted by atomic mass is 19.3. The number of hydrogen-bond donors (Lipinski definition) is 1. The van der Waals surface area contributed by atoms with Crippen molar-refractivity contribution >= 4 is 5.91 Å². The van der Waals surface area contributed by atoms with Crippen molar-refractivity contribution in [3.8, 4) is 11.4 Å². The smallest absolute Gasteiger partial charge is 0.387 e. The van der Waals surface area contributed by atoms with Crippen LogP contribution in [0.1, 0.15) is 16.2 Å². The molecule has 0 unspecified atom stereocenters. The highest BCUT2D eigenvalue weighted by Crippen LogP contribution is 2.20. The van der Waals surface area contributed by atoms with Crippen LogP contribution in [0.2, 0.25) is 0 Å². The molecule has 0 radical (unpaired) electrons. The largest absolute Gasteiger partial charge is 0.434 e. The summed E-state index contributed by atoms with van der Waals surface area (Å²) in [4.78, 5) is 12.3. The molecule has 3 rings (SSSR count). The van der Waals surface area contributed by atoms with Crippen LogP contribution in [0.4, 0.5) is 8.78 Å². The summed E-state index contributed by atoms with van der Waals surface area (Å²) in [6.45, 7) is -2.92. The molecule has 25 heavy (non-hydrogen) atoms. The molecule has 0 bridgehead atoms. The van der Waals surface area contributed by atoms with Gasteiger partial charge in [-0.2, -0.15) is 8.78 Å². The molecule has 2 aromatic carbocycles. The number of rotatable bonds is 6. The Morgan fingerprint density at radius 1 is 1.12 bits per heavy atom. The van der Waals surface area contributed by atoms with Gasteiger partial charge in [-0.1, -0.05) is 30.3 Å². The van der Waals surface area contributed by atoms with Gasteiger partial charge in [-0.3, -0.25) is 9.36 Å². The summed E-state index contributed by atoms with van der Waals surface area (Å²) in [6, 6.07) is 15.2. The Bertz CT molecular complexity index is 853. The summed E-state index contributed by atoms with van der Waals surface area (Å²) in [6.07, 6.45) is 1.53. The van der Waals surface area contributed by atoms with Crippen molar-refractivity contribution in [2.24, 2.45) is 0 Å². The van der Waals surface area contributed by atoms with Crippen LogP contribution in [0.25, 0.3) is 5.69 Å². The van der Waals surface area contributed by atoms with Gasteiger partial charge in [0.15, 0.2) is 5.82 Å². The lowest BCUT2D eigenvalue weighted by Crippen LogP contribution is -2.25. The van der Waals surface area contributed by atoms with Gasteiger partial charge in [0.05, 0.1) is 12.1 Å². The molecule has 0 aliphatic heterocycles. The number of hydrogen-bond acceptors (Lipinski definition) is 4. The van der Waals surface area contributed by atoms with Crippen LogP contribution >= 0.6 is 0 Å². The van der Waals surface area contributed by atoms with Crippen LogP contribution in [0.5, 0.6) is 5.75 Å². The van der Waals surface area contributed by atoms with Gasteiger partial charge in [-0.25, -0.2) is 0 Å². The fourth-order valence-corrected chi connectivity index (χ4v) is 2.29. The summed E-state index contributed by atoms with van der Waals surface area (Å²) < 4.78 is 31.0. The van der Waals surface area contributed by atoms with E-state index < -0.39 is 12.5 Å². The van der Waals surface area contributed by atoms with Crippen molar-refractivity contribution in [1.82, 2.24) is 20.1 Å². The van der Waals surface area contributed by atoms with Crippen LogP contribution < -0.4 is 10.1 Å². The molecule has 128 valence electrons. The second kappa shape index (κ2) is 7.52. The second-order valence-corrected chi connectivity index (χ2v) is 5.01. The number of para-hydroxylation sites is 2. The van der Waals surface area contributed by atoms with Gasteiger partial charge >= 0.3 is 6.61 Å². The van der Waals surface area contributed by atoms with Crippen molar-refractivity contribution < 1.29 is 18.3 Å². The molecule has 1 heterocycles. The first-order valence-electron chi connectivity index (χ1n) is 7.41. The molecule has 8 heteroatoms. The summed E-state index contributed by atoms with van der Waals surface area (Å²) in [5.41, 5.74) is 0.867. The first-order chi connectivity index (χ1) is 12.1. The first kappa shape index (κ1) is 16.6. The van der Waals surface area contributed by atoms with E-state index in [4.69, 9.17) is 0 Å². The van der Waals surface area contributed by atoms with Crippen molar-refractivity contribution in [2.75, 3.05) is 0 Å². The Balaban J connectivity index is 1.73. The van der Waals surface area contributed by atoms with Gasteiger partial charge in [-0.15, -0.1) is 10.2 Å². The van der Waals surface area contributed by atoms with E-state index in [2.05, 4.69) is 20.3 Å². The van der Waals surface area contributed by atoms with E-state index in [9.17, 15) is 13.6 Å². The van der Waals surface area contributed by atoms with Crippen LogP contribution in [-0.2, 0) is 6.54 Å². The van der Waals surface area contributed by atoms with Crippen LogP contribution in [-0.4, -0.2) is 27.3 Å². The summed E-state index contributed by atoms with van der Waals surface area (Å²) in [5.74, 6) is -0.217. The van der Waals surface area contributed by atoms with Crippen LogP contribution in [0.15, 0.2) is 60.9 Å². The molecular weight excluding hydrogens is 330 g/mol. The van der Waals surface area contributed by atoms with Gasteiger partial charge in [0.25, 0.3) is 5.91 Å². The molecule has 0 saturated heterocycles. The number of halogens is 2. The molecule has 0 fully saturated rings. The Labute approximate surface area is 142 Å². The zero-order chi connectivity index (χ0) is 17.6. The van der Waals surface area contributed by atoms with Gasteiger partial charge in [0, 0.05) is 5.69 Å². The maximum absolute atomic E-state index is 12.4. The number of ether oxygens (including phenoxy) is 1. The van der Waals surface area contributed by atoms with Crippen molar-refractivity contribution in [3.63, 3.8) is 0 Å². The Morgan fingerprint density at radius 2 is 1.84 bits per heavy atom. The zero-order valence-corrected chi connectivity index (χ0v) is 13.0. The molecule has 0 atom stereocenters. The SMILES string of the molecule is O=C(NCc1nncn1-c1ccccc1)c1ccccc1OC(F)F. The molecular formula is C17H14F2N4O2. The summed E-state index contributed by atoms with van der Waals surface area (Å²) in [7, 11) is 0. The number of alkyl halides is 2. The lowest BCUT2D eigenvalue weighted by atomic mass is 10.2. The molecule has 1 N–H and O–H groups in total. The number of nitrogens with zero attached hydrogens (tertiary/aromatic N) is 3. The fourth-order valence-electron chi connectivity index (χ4n) is 2.29. The van der Waals surface area contributed by atoms with Gasteiger partial charge in [0.1, 0.15) is 12.1 Å². The molecule has 6 nitrogen and oxygen atoms in total. The third kappa shape index (κ3) is 3.97. The second-order valence-electron chi connectivity index (χ2n) is 5.01. The van der Waals surface area contributed by atoms with Crippen molar-refractivity contribution in [2.45, 2.75) is 13.2 Å². The molecule has 3 aromatic rings. The molecule has 0 spiro atoms. The fraction of sp³-hybridized carbons (Fsp3) is 0.118. The predicted molar refractivity (Wildman–Crippen MR) is 85.6 cm³/mol. The Hall–Kier alpha value is -3.29. The summed E-state index contributed by atoms with van der Waals surface area (Å²) >= 11 is 0. The quantitative estimate of drug-likeness (QED) is 0.747. The van der Waals surface area contributed by atoms with E-state index >= 15 is 0 Å². The normalized spacial score (nSPS) is 10.7. The molecule has 1 amide bonds. The molecule has 0 saturated carbocycles. The van der Waals surface area contributed by atoms with Crippen molar-refractivity contribution in [3.05, 3.63) is 72.3 Å². The maximum Gasteiger partial charge on any atom is 0.387 e. The maximum atomic E-state index is 12.4. The molecule has 1 aromatic heterocycles. The standard InChI is InChI=1S/C17H14F2N4O2/c18-17(19)25-14-9-5-4-8-13(14)16(24)20-10-15-22-21-11-23(15)12-6-2-1-3-7-12/h1-9,11,17H,10H2,(H,20,24). The molecule has 0 aliphatic rings. The number of aromatic nitrogens is 3. The van der Waals surface area contributed by atoms with Crippen molar-refractivity contribution in [1.29, 1.82) is 0 Å². The Kier molecular flexibility index (Phi) is 4.98. The van der Waals surface area contributed by atoms with Crippen LogP contribution in [0.3, 0.4) is 0 Å². The number of benzene rings is 2. The lowest BCUT2D eigenvalue weighted by Gasteiger charge is -2.11. The average molecular weight is 344 g/mol. The monoisotopic (exact) mass is 344 g/mol. The number of nitrogens with one attached hydrogen (secondary N) is 1. The lowest BCUT2D eigenvalue weighted by molar-refractivity contribution is -0.0501. The van der Waals surface area contributed by atoms with E-state index in [1.165, 1.54) is 24.5 Å². The zero-order valence-electron chi connectivity index (χ0n) is 13.0. The summed E-state index contributed by atoms with van der Waals surface area (Å²) in [5, 5.41) is 10.5. The highest BCUT2D eigenvalue weighted by molar-refractivity contribution is 5.96. The highest BCUT2D eigenvalue weighted by Gasteiger charge is 2.16. The minimum atomic E-state index is -3.00. The topological polar surface area (TPSA) is 69.0 Å². The number of carbonyl (C=O) groups is 1. The van der Waals surface area contributed by atoms with Gasteiger partial charge < -0.3 is 10.1 Å². The Morgan fingerprint density at radius 3 is 2.60 bits per heavy atom. The number of amides is 1. The van der Waals surface area contributed by atoms with E-state index in [0.717, 1.165) is 5.69 Å². The molecule has 0 aliphatic carbocycles. The van der Waals surface area contributed by atoms with Gasteiger partial charge in [-0.05, 0) is 24.3 Å². The number of carbonyl (C=O) groups excluding carboxylic acids is 1. The van der Waals surface area contributed by atoms with E-state index in [1.54, 1.807) is 10.6 Å². The average Bonchev–Trinajstić information content (AvgIpc) is 3.09. The van der Waals surface area contributed by atoms with Crippen LogP contribution in [0, 0.1) is 0 Å². The van der Waals surface area contributed by atoms with E-state index in [-0.39, 0.29) is 17.9 Å². The minimum Gasteiger partial charge on any atom is -0.434 e. The third-order valence-electron chi connectivity index (χ3n) is 3.41. The third-order valence-corrected chi connectivity index (χ3v) is 3.41. The minimum absolute atomic E-state index is 0.0218. The van der Waals surface area contributed by atoms with E-state index in [0.29, 0.717) is 5.82 Å². The van der Waals surface area contributed by atoms with E-state index in [1.807, 2.05) is 30.3 Å². The van der Waals surface area contributed by atoms with Gasteiger partial charge in [0.2, 0.25) is 0 Å². The first-order valence-corrected chi connectivity index (χ1v) is 7.41. The predicted octanol–water partition coefficient (Wildman–Crippen LogP) is 2.80.